The molecular weight excluding hydrogens is 288 g/mol. The van der Waals surface area contributed by atoms with Crippen LogP contribution in [-0.2, 0) is 9.53 Å². The molecular formula is C14H18N4O2S. The van der Waals surface area contributed by atoms with Crippen LogP contribution < -0.4 is 10.6 Å². The van der Waals surface area contributed by atoms with Crippen LogP contribution in [0, 0.1) is 17.4 Å². The maximum Gasteiger partial charge on any atom is 0.229 e. The maximum absolute atomic E-state index is 12.1. The third-order valence-corrected chi connectivity index (χ3v) is 5.23. The average molecular weight is 306 g/mol. The molecule has 1 aliphatic carbocycles. The first-order valence-electron chi connectivity index (χ1n) is 7.25. The lowest BCUT2D eigenvalue weighted by atomic mass is 9.80. The number of nitrogens with one attached hydrogen (secondary N) is 2. The second-order valence-corrected chi connectivity index (χ2v) is 6.63. The largest absolute Gasteiger partial charge is 0.381 e. The summed E-state index contributed by atoms with van der Waals surface area (Å²) in [5.41, 5.74) is 0. The molecule has 7 heteroatoms. The van der Waals surface area contributed by atoms with E-state index in [-0.39, 0.29) is 17.9 Å². The normalized spacial score (nSPS) is 25.7. The summed E-state index contributed by atoms with van der Waals surface area (Å²) in [4.78, 5) is 17.6. The van der Waals surface area contributed by atoms with Crippen molar-refractivity contribution < 1.29 is 9.53 Å². The van der Waals surface area contributed by atoms with Gasteiger partial charge in [0.2, 0.25) is 5.91 Å². The first kappa shape index (κ1) is 14.3. The van der Waals surface area contributed by atoms with E-state index in [0.717, 1.165) is 38.9 Å². The van der Waals surface area contributed by atoms with Crippen LogP contribution >= 0.6 is 11.3 Å². The van der Waals surface area contributed by atoms with Gasteiger partial charge in [0.1, 0.15) is 0 Å². The minimum absolute atomic E-state index is 0.00807. The quantitative estimate of drug-likeness (QED) is 0.654. The van der Waals surface area contributed by atoms with Crippen molar-refractivity contribution in [2.24, 2.45) is 5.92 Å². The van der Waals surface area contributed by atoms with Gasteiger partial charge in [-0.3, -0.25) is 4.79 Å². The average Bonchev–Trinajstić information content (AvgIpc) is 2.91. The molecule has 1 aromatic heterocycles. The molecule has 1 aromatic rings. The van der Waals surface area contributed by atoms with Gasteiger partial charge in [0.25, 0.3) is 0 Å². The molecule has 1 saturated heterocycles. The van der Waals surface area contributed by atoms with Gasteiger partial charge in [-0.1, -0.05) is 0 Å². The molecule has 0 unspecified atom stereocenters. The van der Waals surface area contributed by atoms with E-state index in [1.54, 1.807) is 11.3 Å². The minimum Gasteiger partial charge on any atom is -0.381 e. The number of hydrogen-bond donors (Lipinski definition) is 2. The lowest BCUT2D eigenvalue weighted by molar-refractivity contribution is -0.122. The van der Waals surface area contributed by atoms with Gasteiger partial charge in [-0.25, -0.2) is 4.98 Å². The number of anilines is 1. The third-order valence-electron chi connectivity index (χ3n) is 4.15. The Balaban J connectivity index is 1.50. The molecule has 1 saturated carbocycles. The van der Waals surface area contributed by atoms with E-state index < -0.39 is 0 Å². The van der Waals surface area contributed by atoms with Gasteiger partial charge in [0.15, 0.2) is 11.3 Å². The molecule has 21 heavy (non-hydrogen) atoms. The number of rotatable bonds is 4. The molecule has 6 nitrogen and oxygen atoms in total. The van der Waals surface area contributed by atoms with E-state index in [2.05, 4.69) is 15.6 Å². The van der Waals surface area contributed by atoms with Crippen molar-refractivity contribution in [3.05, 3.63) is 11.1 Å². The van der Waals surface area contributed by atoms with Crippen LogP contribution in [0.1, 0.15) is 36.5 Å². The van der Waals surface area contributed by atoms with Gasteiger partial charge in [0, 0.05) is 36.2 Å². The Bertz CT molecular complexity index is 541. The topological polar surface area (TPSA) is 87.0 Å². The van der Waals surface area contributed by atoms with Crippen LogP contribution in [0.4, 0.5) is 5.13 Å². The molecule has 112 valence electrons. The molecule has 0 spiro atoms. The van der Waals surface area contributed by atoms with Gasteiger partial charge in [0.05, 0.1) is 0 Å². The van der Waals surface area contributed by atoms with Crippen LogP contribution in [0.15, 0.2) is 6.20 Å². The fourth-order valence-electron chi connectivity index (χ4n) is 2.76. The third kappa shape index (κ3) is 3.34. The van der Waals surface area contributed by atoms with Crippen LogP contribution in [-0.4, -0.2) is 30.1 Å². The smallest absolute Gasteiger partial charge is 0.229 e. The molecule has 2 N–H and O–H groups in total. The second kappa shape index (κ2) is 6.41. The van der Waals surface area contributed by atoms with Crippen LogP contribution in [0.5, 0.6) is 0 Å². The highest BCUT2D eigenvalue weighted by molar-refractivity contribution is 7.15. The molecule has 0 bridgehead atoms. The Kier molecular flexibility index (Phi) is 4.36. The van der Waals surface area contributed by atoms with Crippen molar-refractivity contribution in [2.75, 3.05) is 18.5 Å². The van der Waals surface area contributed by atoms with E-state index in [1.807, 2.05) is 12.4 Å². The second-order valence-electron chi connectivity index (χ2n) is 5.57. The number of thiazole rings is 1. The number of ether oxygens (including phenoxy) is 1. The number of carbonyl (C=O) groups is 1. The highest BCUT2D eigenvalue weighted by Gasteiger charge is 2.34. The zero-order chi connectivity index (χ0) is 14.7. The van der Waals surface area contributed by atoms with Crippen molar-refractivity contribution in [1.82, 2.24) is 10.3 Å². The summed E-state index contributed by atoms with van der Waals surface area (Å²) in [5.74, 6) is 0.514. The number of carbonyl (C=O) groups excluding carboxylic acids is 1. The summed E-state index contributed by atoms with van der Waals surface area (Å²) in [6.45, 7) is 1.61. The summed E-state index contributed by atoms with van der Waals surface area (Å²) in [7, 11) is 0. The van der Waals surface area contributed by atoms with E-state index in [9.17, 15) is 4.79 Å². The summed E-state index contributed by atoms with van der Waals surface area (Å²) >= 11 is 1.56. The number of aromatic nitrogens is 1. The molecule has 0 radical (unpaired) electrons. The fourth-order valence-corrected chi connectivity index (χ4v) is 3.75. The van der Waals surface area contributed by atoms with Crippen molar-refractivity contribution >= 4 is 22.4 Å². The van der Waals surface area contributed by atoms with Crippen LogP contribution in [0.2, 0.25) is 0 Å². The molecule has 1 amide bonds. The summed E-state index contributed by atoms with van der Waals surface area (Å²) in [6, 6.07) is 0.153. The molecule has 0 aromatic carbocycles. The van der Waals surface area contributed by atoms with E-state index in [4.69, 9.17) is 10.00 Å². The molecule has 2 heterocycles. The Morgan fingerprint density at radius 3 is 2.90 bits per heavy atom. The Morgan fingerprint density at radius 1 is 1.43 bits per heavy atom. The zero-order valence-corrected chi connectivity index (χ0v) is 12.5. The van der Waals surface area contributed by atoms with Crippen LogP contribution in [0.25, 0.3) is 0 Å². The lowest BCUT2D eigenvalue weighted by Gasteiger charge is -2.32. The monoisotopic (exact) mass is 306 g/mol. The fraction of sp³-hybridized carbons (Fsp3) is 0.643. The summed E-state index contributed by atoms with van der Waals surface area (Å²) in [6.07, 6.45) is 7.28. The SMILES string of the molecule is N#CNC1CC(C(=O)Nc2ncc(C3CCOCC3)s2)C1. The Labute approximate surface area is 127 Å². The van der Waals surface area contributed by atoms with Crippen molar-refractivity contribution in [3.8, 4) is 6.19 Å². The van der Waals surface area contributed by atoms with E-state index >= 15 is 0 Å². The summed E-state index contributed by atoms with van der Waals surface area (Å²) in [5, 5.41) is 14.8. The molecule has 2 fully saturated rings. The highest BCUT2D eigenvalue weighted by Crippen LogP contribution is 2.34. The highest BCUT2D eigenvalue weighted by atomic mass is 32.1. The predicted molar refractivity (Wildman–Crippen MR) is 78.8 cm³/mol. The van der Waals surface area contributed by atoms with Gasteiger partial charge in [-0.2, -0.15) is 5.26 Å². The van der Waals surface area contributed by atoms with Crippen molar-refractivity contribution in [2.45, 2.75) is 37.6 Å². The van der Waals surface area contributed by atoms with Gasteiger partial charge < -0.3 is 15.4 Å². The number of nitrogens with zero attached hydrogens (tertiary/aromatic N) is 2. The summed E-state index contributed by atoms with van der Waals surface area (Å²) < 4.78 is 5.36. The number of amides is 1. The number of nitriles is 1. The van der Waals surface area contributed by atoms with Gasteiger partial charge >= 0.3 is 0 Å². The first-order valence-corrected chi connectivity index (χ1v) is 8.07. The minimum atomic E-state index is -0.00807. The standard InChI is InChI=1S/C14H18N4O2S/c15-8-17-11-5-10(6-11)13(19)18-14-16-7-12(21-14)9-1-3-20-4-2-9/h7,9-11,17H,1-6H2,(H,16,18,19). The van der Waals surface area contributed by atoms with E-state index in [0.29, 0.717) is 11.0 Å². The maximum atomic E-state index is 12.1. The van der Waals surface area contributed by atoms with Gasteiger partial charge in [-0.05, 0) is 31.6 Å². The Morgan fingerprint density at radius 2 is 2.19 bits per heavy atom. The molecule has 2 aliphatic rings. The molecule has 1 aliphatic heterocycles. The Hall–Kier alpha value is -1.65. The van der Waals surface area contributed by atoms with E-state index in [1.165, 1.54) is 4.88 Å². The van der Waals surface area contributed by atoms with Crippen molar-refractivity contribution in [3.63, 3.8) is 0 Å². The molecule has 3 rings (SSSR count). The van der Waals surface area contributed by atoms with Gasteiger partial charge in [-0.15, -0.1) is 11.3 Å². The van der Waals surface area contributed by atoms with Crippen molar-refractivity contribution in [1.29, 1.82) is 5.26 Å². The zero-order valence-electron chi connectivity index (χ0n) is 11.7. The number of hydrogen-bond acceptors (Lipinski definition) is 6. The first-order chi connectivity index (χ1) is 10.3. The predicted octanol–water partition coefficient (Wildman–Crippen LogP) is 1.82. The lowest BCUT2D eigenvalue weighted by Crippen LogP contribution is -2.44. The van der Waals surface area contributed by atoms with Crippen LogP contribution in [0.3, 0.4) is 0 Å². The molecule has 0 atom stereocenters.